The number of aliphatic hydroxyl groups is 2. The molecule has 0 fully saturated rings. The van der Waals surface area contributed by atoms with E-state index < -0.39 is 24.3 Å². The average molecular weight is 393 g/mol. The van der Waals surface area contributed by atoms with Gasteiger partial charge in [-0.05, 0) is 25.3 Å². The first kappa shape index (κ1) is 23.2. The molecule has 0 aliphatic carbocycles. The molecule has 2 N–H and O–H groups in total. The van der Waals surface area contributed by atoms with Crippen molar-refractivity contribution in [1.29, 1.82) is 0 Å². The van der Waals surface area contributed by atoms with Crippen LogP contribution < -0.4 is 0 Å². The third-order valence-electron chi connectivity index (χ3n) is 3.76. The average Bonchev–Trinajstić information content (AvgIpc) is 2.66. The van der Waals surface area contributed by atoms with Gasteiger partial charge in [0, 0.05) is 6.42 Å². The Labute approximate surface area is 166 Å². The second kappa shape index (κ2) is 14.2. The van der Waals surface area contributed by atoms with Gasteiger partial charge in [-0.3, -0.25) is 4.79 Å². The Hall–Kier alpha value is -1.88. The van der Waals surface area contributed by atoms with Crippen LogP contribution in [0.5, 0.6) is 0 Å². The highest BCUT2D eigenvalue weighted by Gasteiger charge is 2.27. The maximum absolute atomic E-state index is 11.8. The first-order chi connectivity index (χ1) is 13.0. The second-order valence-corrected chi connectivity index (χ2v) is 6.63. The maximum atomic E-state index is 11.8. The smallest absolute Gasteiger partial charge is 0.306 e. The zero-order valence-corrected chi connectivity index (χ0v) is 16.4. The summed E-state index contributed by atoms with van der Waals surface area (Å²) < 4.78 is 5.25. The molecule has 0 aromatic heterocycles. The van der Waals surface area contributed by atoms with Crippen LogP contribution >= 0.6 is 11.6 Å². The standard InChI is InChI=1S/C22H29ClO4/c1-2-3-4-5-6-7-8-9-10-11-12-13-20-22(26)19(24)16-14-18(23)15-17-21(25)27-20/h3-4,6-14,16,18-20,22,24,26H,2,5,15,17H2,1H3/b4-3-,7-6-,9-8+,11-10+,13-12-,16-14+/t18-,19-,20+,22-/m1/s1. The lowest BCUT2D eigenvalue weighted by Gasteiger charge is -2.24. The van der Waals surface area contributed by atoms with E-state index in [9.17, 15) is 15.0 Å². The number of carbonyl (C=O) groups excluding carboxylic acids is 1. The largest absolute Gasteiger partial charge is 0.455 e. The molecular weight excluding hydrogens is 364 g/mol. The predicted molar refractivity (Wildman–Crippen MR) is 111 cm³/mol. The van der Waals surface area contributed by atoms with Gasteiger partial charge >= 0.3 is 5.97 Å². The van der Waals surface area contributed by atoms with Crippen molar-refractivity contribution in [1.82, 2.24) is 0 Å². The molecule has 1 aliphatic heterocycles. The van der Waals surface area contributed by atoms with Gasteiger partial charge in [-0.2, -0.15) is 0 Å². The third kappa shape index (κ3) is 10.8. The van der Waals surface area contributed by atoms with Crippen molar-refractivity contribution in [2.45, 2.75) is 56.3 Å². The molecule has 4 atom stereocenters. The summed E-state index contributed by atoms with van der Waals surface area (Å²) in [5.74, 6) is -0.456. The van der Waals surface area contributed by atoms with Crippen molar-refractivity contribution < 1.29 is 19.7 Å². The predicted octanol–water partition coefficient (Wildman–Crippen LogP) is 4.16. The summed E-state index contributed by atoms with van der Waals surface area (Å²) in [6, 6.07) is 0. The number of carbonyl (C=O) groups is 1. The Balaban J connectivity index is 2.58. The monoisotopic (exact) mass is 392 g/mol. The summed E-state index contributed by atoms with van der Waals surface area (Å²) in [7, 11) is 0. The number of cyclic esters (lactones) is 1. The van der Waals surface area contributed by atoms with E-state index in [4.69, 9.17) is 16.3 Å². The van der Waals surface area contributed by atoms with Gasteiger partial charge in [0.05, 0.1) is 5.38 Å². The Morgan fingerprint density at radius 1 is 1.07 bits per heavy atom. The van der Waals surface area contributed by atoms with Gasteiger partial charge < -0.3 is 14.9 Å². The summed E-state index contributed by atoms with van der Waals surface area (Å²) in [4.78, 5) is 11.8. The van der Waals surface area contributed by atoms with Gasteiger partial charge in [0.25, 0.3) is 0 Å². The fraction of sp³-hybridized carbons (Fsp3) is 0.409. The highest BCUT2D eigenvalue weighted by molar-refractivity contribution is 6.21. The molecule has 0 aromatic carbocycles. The van der Waals surface area contributed by atoms with E-state index in [0.29, 0.717) is 6.42 Å². The molecule has 0 aromatic rings. The number of aliphatic hydroxyl groups excluding tert-OH is 2. The van der Waals surface area contributed by atoms with Crippen LogP contribution in [0.4, 0.5) is 0 Å². The normalized spacial score (nSPS) is 29.4. The van der Waals surface area contributed by atoms with Crippen LogP contribution in [-0.2, 0) is 9.53 Å². The van der Waals surface area contributed by atoms with Gasteiger partial charge in [0.2, 0.25) is 0 Å². The molecular formula is C22H29ClO4. The van der Waals surface area contributed by atoms with E-state index in [1.165, 1.54) is 6.08 Å². The molecule has 27 heavy (non-hydrogen) atoms. The second-order valence-electron chi connectivity index (χ2n) is 6.07. The number of alkyl halides is 1. The number of ether oxygens (including phenoxy) is 1. The fourth-order valence-electron chi connectivity index (χ4n) is 2.26. The molecule has 148 valence electrons. The highest BCUT2D eigenvalue weighted by Crippen LogP contribution is 2.16. The molecule has 4 nitrogen and oxygen atoms in total. The lowest BCUT2D eigenvalue weighted by atomic mass is 10.0. The fourth-order valence-corrected chi connectivity index (χ4v) is 2.45. The number of esters is 1. The molecule has 1 rings (SSSR count). The summed E-state index contributed by atoms with van der Waals surface area (Å²) in [6.45, 7) is 2.10. The van der Waals surface area contributed by atoms with Crippen LogP contribution in [0.3, 0.4) is 0 Å². The molecule has 1 aliphatic rings. The highest BCUT2D eigenvalue weighted by atomic mass is 35.5. The van der Waals surface area contributed by atoms with E-state index in [0.717, 1.165) is 12.8 Å². The first-order valence-corrected chi connectivity index (χ1v) is 9.68. The minimum Gasteiger partial charge on any atom is -0.455 e. The van der Waals surface area contributed by atoms with E-state index in [-0.39, 0.29) is 11.8 Å². The van der Waals surface area contributed by atoms with Gasteiger partial charge in [0.1, 0.15) is 18.3 Å². The zero-order chi connectivity index (χ0) is 19.9. The molecule has 0 saturated heterocycles. The minimum atomic E-state index is -1.26. The molecule has 0 saturated carbocycles. The Kier molecular flexibility index (Phi) is 12.2. The molecule has 0 radical (unpaired) electrons. The number of allylic oxidation sites excluding steroid dienone is 10. The van der Waals surface area contributed by atoms with E-state index >= 15 is 0 Å². The van der Waals surface area contributed by atoms with Crippen molar-refractivity contribution in [2.24, 2.45) is 0 Å². The molecule has 0 amide bonds. The lowest BCUT2D eigenvalue weighted by Crippen LogP contribution is -2.38. The summed E-state index contributed by atoms with van der Waals surface area (Å²) in [5, 5.41) is 19.8. The van der Waals surface area contributed by atoms with Gasteiger partial charge in [-0.1, -0.05) is 73.8 Å². The zero-order valence-electron chi connectivity index (χ0n) is 15.7. The van der Waals surface area contributed by atoms with Crippen LogP contribution in [-0.4, -0.2) is 39.9 Å². The quantitative estimate of drug-likeness (QED) is 0.295. The van der Waals surface area contributed by atoms with E-state index in [2.05, 4.69) is 25.2 Å². The van der Waals surface area contributed by atoms with Crippen LogP contribution in [0.25, 0.3) is 0 Å². The van der Waals surface area contributed by atoms with Crippen molar-refractivity contribution in [2.75, 3.05) is 0 Å². The minimum absolute atomic E-state index is 0.157. The molecule has 5 heteroatoms. The van der Waals surface area contributed by atoms with Gasteiger partial charge in [0.15, 0.2) is 0 Å². The number of rotatable bonds is 7. The van der Waals surface area contributed by atoms with E-state index in [1.807, 2.05) is 24.3 Å². The Morgan fingerprint density at radius 2 is 1.78 bits per heavy atom. The number of halogens is 1. The molecule has 0 spiro atoms. The number of hydrogen-bond acceptors (Lipinski definition) is 4. The van der Waals surface area contributed by atoms with Crippen LogP contribution in [0, 0.1) is 0 Å². The summed E-state index contributed by atoms with van der Waals surface area (Å²) >= 11 is 6.00. The lowest BCUT2D eigenvalue weighted by molar-refractivity contribution is -0.154. The van der Waals surface area contributed by atoms with Crippen LogP contribution in [0.2, 0.25) is 0 Å². The summed E-state index contributed by atoms with van der Waals surface area (Å²) in [6.07, 6.45) is 21.1. The first-order valence-electron chi connectivity index (χ1n) is 9.24. The van der Waals surface area contributed by atoms with Crippen LogP contribution in [0.1, 0.15) is 32.6 Å². The van der Waals surface area contributed by atoms with Crippen LogP contribution in [0.15, 0.2) is 72.9 Å². The van der Waals surface area contributed by atoms with Gasteiger partial charge in [-0.15, -0.1) is 11.6 Å². The van der Waals surface area contributed by atoms with Gasteiger partial charge in [-0.25, -0.2) is 0 Å². The molecule has 1 heterocycles. The molecule has 0 unspecified atom stereocenters. The van der Waals surface area contributed by atoms with Crippen molar-refractivity contribution in [3.63, 3.8) is 0 Å². The third-order valence-corrected chi connectivity index (χ3v) is 4.13. The van der Waals surface area contributed by atoms with Crippen molar-refractivity contribution in [3.8, 4) is 0 Å². The maximum Gasteiger partial charge on any atom is 0.306 e. The molecule has 0 bridgehead atoms. The van der Waals surface area contributed by atoms with E-state index in [1.54, 1.807) is 24.3 Å². The van der Waals surface area contributed by atoms with Crippen molar-refractivity contribution in [3.05, 3.63) is 72.9 Å². The Bertz CT molecular complexity index is 601. The topological polar surface area (TPSA) is 66.8 Å². The Morgan fingerprint density at radius 3 is 2.52 bits per heavy atom. The van der Waals surface area contributed by atoms with Crippen molar-refractivity contribution >= 4 is 17.6 Å². The SMILES string of the molecule is CC/C=C\C\C=C/C=C/C=C/C=C\[C@@H]1OC(=O)CC[C@H](Cl)/C=C/[C@@H](O)[C@H]1O. The number of hydrogen-bond donors (Lipinski definition) is 2. The summed E-state index contributed by atoms with van der Waals surface area (Å²) in [5.41, 5.74) is 0.